The Hall–Kier alpha value is -1.22. The van der Waals surface area contributed by atoms with E-state index in [0.29, 0.717) is 5.02 Å². The predicted molar refractivity (Wildman–Crippen MR) is 52.0 cm³/mol. The molecule has 4 heteroatoms. The second-order valence-electron chi connectivity index (χ2n) is 2.44. The second-order valence-corrected chi connectivity index (χ2v) is 2.88. The number of carbonyl (C=O) groups excluding carboxylic acids is 1. The lowest BCUT2D eigenvalue weighted by atomic mass is 10.3. The zero-order chi connectivity index (χ0) is 9.68. The Morgan fingerprint density at radius 1 is 1.62 bits per heavy atom. The highest BCUT2D eigenvalue weighted by Gasteiger charge is 1.99. The number of halogens is 1. The number of hydrogen-bond acceptors (Lipinski definition) is 3. The molecule has 1 aromatic carbocycles. The van der Waals surface area contributed by atoms with Gasteiger partial charge in [-0.2, -0.15) is 0 Å². The maximum absolute atomic E-state index is 10.8. The molecular formula is C9H10ClNO2. The summed E-state index contributed by atoms with van der Waals surface area (Å²) in [5.41, 5.74) is 0.804. The van der Waals surface area contributed by atoms with Crippen LogP contribution in [0.25, 0.3) is 0 Å². The van der Waals surface area contributed by atoms with Crippen LogP contribution in [0.3, 0.4) is 0 Å². The van der Waals surface area contributed by atoms with Gasteiger partial charge in [0.2, 0.25) is 0 Å². The van der Waals surface area contributed by atoms with E-state index in [1.54, 1.807) is 12.1 Å². The quantitative estimate of drug-likeness (QED) is 0.756. The van der Waals surface area contributed by atoms with E-state index in [1.807, 2.05) is 12.1 Å². The molecule has 0 saturated heterocycles. The minimum atomic E-state index is -0.306. The maximum Gasteiger partial charge on any atom is 0.325 e. The van der Waals surface area contributed by atoms with Gasteiger partial charge in [0, 0.05) is 10.7 Å². The van der Waals surface area contributed by atoms with Gasteiger partial charge in [-0.3, -0.25) is 4.79 Å². The molecule has 0 bridgehead atoms. The Bertz CT molecular complexity index is 301. The Kier molecular flexibility index (Phi) is 3.58. The Labute approximate surface area is 81.7 Å². The van der Waals surface area contributed by atoms with Gasteiger partial charge in [-0.05, 0) is 18.2 Å². The van der Waals surface area contributed by atoms with Crippen molar-refractivity contribution < 1.29 is 9.53 Å². The van der Waals surface area contributed by atoms with Crippen molar-refractivity contribution in [3.63, 3.8) is 0 Å². The Morgan fingerprint density at radius 2 is 2.38 bits per heavy atom. The topological polar surface area (TPSA) is 38.3 Å². The average Bonchev–Trinajstić information content (AvgIpc) is 2.14. The molecule has 0 amide bonds. The van der Waals surface area contributed by atoms with E-state index in [9.17, 15) is 4.79 Å². The molecule has 0 atom stereocenters. The summed E-state index contributed by atoms with van der Waals surface area (Å²) in [4.78, 5) is 10.8. The lowest BCUT2D eigenvalue weighted by molar-refractivity contribution is -0.138. The van der Waals surface area contributed by atoms with Gasteiger partial charge in [0.25, 0.3) is 0 Å². The average molecular weight is 200 g/mol. The van der Waals surface area contributed by atoms with Crippen molar-refractivity contribution in [2.45, 2.75) is 0 Å². The van der Waals surface area contributed by atoms with Crippen LogP contribution < -0.4 is 5.32 Å². The van der Waals surface area contributed by atoms with Crippen LogP contribution in [-0.2, 0) is 9.53 Å². The summed E-state index contributed by atoms with van der Waals surface area (Å²) in [7, 11) is 1.35. The molecule has 0 aromatic heterocycles. The molecule has 0 unspecified atom stereocenters. The number of hydrogen-bond donors (Lipinski definition) is 1. The fourth-order valence-corrected chi connectivity index (χ4v) is 1.04. The third-order valence-electron chi connectivity index (χ3n) is 1.49. The molecule has 0 aliphatic carbocycles. The molecule has 0 spiro atoms. The summed E-state index contributed by atoms with van der Waals surface area (Å²) in [6, 6.07) is 7.14. The molecule has 0 fully saturated rings. The van der Waals surface area contributed by atoms with Crippen molar-refractivity contribution in [2.24, 2.45) is 0 Å². The van der Waals surface area contributed by atoms with Crippen LogP contribution in [-0.4, -0.2) is 19.6 Å². The number of benzene rings is 1. The first-order chi connectivity index (χ1) is 6.22. The molecular weight excluding hydrogens is 190 g/mol. The third-order valence-corrected chi connectivity index (χ3v) is 1.72. The van der Waals surface area contributed by atoms with Gasteiger partial charge in [0.15, 0.2) is 0 Å². The minimum absolute atomic E-state index is 0.150. The van der Waals surface area contributed by atoms with E-state index in [4.69, 9.17) is 11.6 Å². The smallest absolute Gasteiger partial charge is 0.325 e. The van der Waals surface area contributed by atoms with Crippen molar-refractivity contribution in [2.75, 3.05) is 19.0 Å². The number of carbonyl (C=O) groups is 1. The van der Waals surface area contributed by atoms with E-state index in [-0.39, 0.29) is 12.5 Å². The van der Waals surface area contributed by atoms with Gasteiger partial charge < -0.3 is 10.1 Å². The van der Waals surface area contributed by atoms with Gasteiger partial charge in [-0.25, -0.2) is 0 Å². The Balaban J connectivity index is 2.50. The van der Waals surface area contributed by atoms with Crippen molar-refractivity contribution in [1.82, 2.24) is 0 Å². The van der Waals surface area contributed by atoms with E-state index in [2.05, 4.69) is 10.1 Å². The first-order valence-electron chi connectivity index (χ1n) is 3.78. The van der Waals surface area contributed by atoms with Gasteiger partial charge >= 0.3 is 5.97 Å². The molecule has 0 aliphatic rings. The highest BCUT2D eigenvalue weighted by molar-refractivity contribution is 6.30. The van der Waals surface area contributed by atoms with E-state index >= 15 is 0 Å². The third kappa shape index (κ3) is 3.34. The Morgan fingerprint density at radius 3 is 3.00 bits per heavy atom. The van der Waals surface area contributed by atoms with Crippen molar-refractivity contribution in [3.05, 3.63) is 29.3 Å². The largest absolute Gasteiger partial charge is 0.468 e. The normalized spacial score (nSPS) is 9.38. The van der Waals surface area contributed by atoms with Gasteiger partial charge in [-0.1, -0.05) is 17.7 Å². The van der Waals surface area contributed by atoms with Crippen LogP contribution in [0.2, 0.25) is 5.02 Å². The second kappa shape index (κ2) is 4.72. The number of nitrogens with one attached hydrogen (secondary N) is 1. The molecule has 1 aromatic rings. The maximum atomic E-state index is 10.8. The number of methoxy groups -OCH3 is 1. The highest BCUT2D eigenvalue weighted by Crippen LogP contribution is 2.14. The summed E-state index contributed by atoms with van der Waals surface area (Å²) in [5, 5.41) is 3.51. The van der Waals surface area contributed by atoms with Crippen LogP contribution in [0, 0.1) is 0 Å². The van der Waals surface area contributed by atoms with E-state index in [1.165, 1.54) is 7.11 Å². The summed E-state index contributed by atoms with van der Waals surface area (Å²) in [5.74, 6) is -0.306. The van der Waals surface area contributed by atoms with Crippen LogP contribution >= 0.6 is 11.6 Å². The summed E-state index contributed by atoms with van der Waals surface area (Å²) in [6.07, 6.45) is 0. The minimum Gasteiger partial charge on any atom is -0.468 e. The summed E-state index contributed by atoms with van der Waals surface area (Å²) >= 11 is 5.74. The molecule has 1 rings (SSSR count). The molecule has 0 aliphatic heterocycles. The molecule has 70 valence electrons. The monoisotopic (exact) mass is 199 g/mol. The zero-order valence-corrected chi connectivity index (χ0v) is 7.97. The SMILES string of the molecule is COC(=O)CNc1cccc(Cl)c1. The van der Waals surface area contributed by atoms with Crippen LogP contribution in [0.1, 0.15) is 0 Å². The van der Waals surface area contributed by atoms with Gasteiger partial charge in [0.05, 0.1) is 7.11 Å². The standard InChI is InChI=1S/C9H10ClNO2/c1-13-9(12)6-11-8-4-2-3-7(10)5-8/h2-5,11H,6H2,1H3. The van der Waals surface area contributed by atoms with E-state index < -0.39 is 0 Å². The first-order valence-corrected chi connectivity index (χ1v) is 4.16. The van der Waals surface area contributed by atoms with Crippen LogP contribution in [0.4, 0.5) is 5.69 Å². The van der Waals surface area contributed by atoms with Crippen LogP contribution in [0.15, 0.2) is 24.3 Å². The van der Waals surface area contributed by atoms with Gasteiger partial charge in [-0.15, -0.1) is 0 Å². The fourth-order valence-electron chi connectivity index (χ4n) is 0.845. The van der Waals surface area contributed by atoms with Crippen LogP contribution in [0.5, 0.6) is 0 Å². The molecule has 3 nitrogen and oxygen atoms in total. The molecule has 0 heterocycles. The lowest BCUT2D eigenvalue weighted by Crippen LogP contribution is -2.14. The predicted octanol–water partition coefficient (Wildman–Crippen LogP) is 1.92. The molecule has 1 N–H and O–H groups in total. The number of rotatable bonds is 3. The zero-order valence-electron chi connectivity index (χ0n) is 7.21. The number of ether oxygens (including phenoxy) is 1. The van der Waals surface area contributed by atoms with Crippen molar-refractivity contribution in [1.29, 1.82) is 0 Å². The van der Waals surface area contributed by atoms with E-state index in [0.717, 1.165) is 5.69 Å². The summed E-state index contributed by atoms with van der Waals surface area (Å²) in [6.45, 7) is 0.150. The summed E-state index contributed by atoms with van der Waals surface area (Å²) < 4.78 is 4.47. The highest BCUT2D eigenvalue weighted by atomic mass is 35.5. The van der Waals surface area contributed by atoms with Gasteiger partial charge in [0.1, 0.15) is 6.54 Å². The molecule has 13 heavy (non-hydrogen) atoms. The number of esters is 1. The number of anilines is 1. The lowest BCUT2D eigenvalue weighted by Gasteiger charge is -2.04. The fraction of sp³-hybridized carbons (Fsp3) is 0.222. The molecule has 0 saturated carbocycles. The molecule has 0 radical (unpaired) electrons. The first kappa shape index (κ1) is 9.86. The van der Waals surface area contributed by atoms with Crippen molar-refractivity contribution in [3.8, 4) is 0 Å². The van der Waals surface area contributed by atoms with Crippen molar-refractivity contribution >= 4 is 23.3 Å².